The maximum atomic E-state index is 13.9. The van der Waals surface area contributed by atoms with Crippen LogP contribution >= 0.6 is 7.60 Å². The molecule has 4 aromatic rings. The number of anilines is 1. The molecule has 4 rings (SSSR count). The van der Waals surface area contributed by atoms with Crippen molar-refractivity contribution in [3.63, 3.8) is 0 Å². The van der Waals surface area contributed by atoms with Crippen molar-refractivity contribution in [3.05, 3.63) is 90.8 Å². The molecule has 0 aliphatic heterocycles. The molecule has 0 amide bonds. The summed E-state index contributed by atoms with van der Waals surface area (Å²) in [5.41, 5.74) is 2.41. The molecule has 0 saturated heterocycles. The largest absolute Gasteiger partial charge is 0.438 e. The van der Waals surface area contributed by atoms with E-state index >= 15 is 0 Å². The SMILES string of the molecule is CCCOP(=O)(OCCC)C(Nc1ccc(Oc2ncnc3ccccc23)cc1)c1ccccc1. The second-order valence-electron chi connectivity index (χ2n) is 7.99. The minimum atomic E-state index is -3.50. The topological polar surface area (TPSA) is 82.6 Å². The lowest BCUT2D eigenvalue weighted by molar-refractivity contribution is 0.199. The van der Waals surface area contributed by atoms with Gasteiger partial charge in [-0.1, -0.05) is 56.3 Å². The Hall–Kier alpha value is -3.25. The van der Waals surface area contributed by atoms with Gasteiger partial charge in [0, 0.05) is 5.69 Å². The van der Waals surface area contributed by atoms with Crippen LogP contribution in [0.25, 0.3) is 10.9 Å². The van der Waals surface area contributed by atoms with E-state index in [1.165, 1.54) is 6.33 Å². The van der Waals surface area contributed by atoms with Crippen LogP contribution in [-0.4, -0.2) is 23.2 Å². The molecular weight excluding hydrogens is 461 g/mol. The maximum Gasteiger partial charge on any atom is 0.357 e. The molecule has 1 atom stereocenters. The number of hydrogen-bond acceptors (Lipinski definition) is 7. The first-order chi connectivity index (χ1) is 17.1. The number of rotatable bonds is 12. The maximum absolute atomic E-state index is 13.9. The summed E-state index contributed by atoms with van der Waals surface area (Å²) >= 11 is 0. The molecule has 1 aromatic heterocycles. The highest BCUT2D eigenvalue weighted by atomic mass is 31.2. The van der Waals surface area contributed by atoms with Gasteiger partial charge in [-0.25, -0.2) is 9.97 Å². The molecule has 35 heavy (non-hydrogen) atoms. The molecule has 1 unspecified atom stereocenters. The molecule has 0 bridgehead atoms. The monoisotopic (exact) mass is 491 g/mol. The van der Waals surface area contributed by atoms with Crippen molar-refractivity contribution in [2.75, 3.05) is 18.5 Å². The van der Waals surface area contributed by atoms with Crippen molar-refractivity contribution < 1.29 is 18.3 Å². The second kappa shape index (κ2) is 11.9. The quantitative estimate of drug-likeness (QED) is 0.205. The standard InChI is InChI=1S/C27H30N3O4P/c1-3-18-32-35(31,33-19-4-2)27(21-10-6-5-7-11-21)30-22-14-16-23(17-15-22)34-26-24-12-8-9-13-25(24)28-20-29-26/h5-17,20,27,30H,3-4,18-19H2,1-2H3. The van der Waals surface area contributed by atoms with Gasteiger partial charge >= 0.3 is 7.60 Å². The van der Waals surface area contributed by atoms with Gasteiger partial charge in [-0.15, -0.1) is 0 Å². The molecule has 7 nitrogen and oxygen atoms in total. The Bertz CT molecular complexity index is 1250. The van der Waals surface area contributed by atoms with Crippen LogP contribution in [0.3, 0.4) is 0 Å². The summed E-state index contributed by atoms with van der Waals surface area (Å²) in [6, 6.07) is 24.7. The van der Waals surface area contributed by atoms with Gasteiger partial charge in [0.1, 0.15) is 12.1 Å². The van der Waals surface area contributed by atoms with E-state index in [0.29, 0.717) is 24.8 Å². The molecule has 0 radical (unpaired) electrons. The number of ether oxygens (including phenoxy) is 1. The lowest BCUT2D eigenvalue weighted by Gasteiger charge is -2.28. The predicted octanol–water partition coefficient (Wildman–Crippen LogP) is 7.58. The zero-order valence-corrected chi connectivity index (χ0v) is 20.9. The van der Waals surface area contributed by atoms with Crippen LogP contribution in [0, 0.1) is 0 Å². The minimum absolute atomic E-state index is 0.353. The molecule has 0 spiro atoms. The van der Waals surface area contributed by atoms with Crippen LogP contribution < -0.4 is 10.1 Å². The minimum Gasteiger partial charge on any atom is -0.438 e. The first-order valence-electron chi connectivity index (χ1n) is 11.8. The second-order valence-corrected chi connectivity index (χ2v) is 10.1. The fourth-order valence-corrected chi connectivity index (χ4v) is 5.65. The molecule has 0 aliphatic rings. The normalized spacial score (nSPS) is 12.4. The summed E-state index contributed by atoms with van der Waals surface area (Å²) in [4.78, 5) is 8.56. The summed E-state index contributed by atoms with van der Waals surface area (Å²) in [6.45, 7) is 4.67. The fraction of sp³-hybridized carbons (Fsp3) is 0.259. The Balaban J connectivity index is 1.58. The van der Waals surface area contributed by atoms with Gasteiger partial charge in [-0.2, -0.15) is 0 Å². The van der Waals surface area contributed by atoms with E-state index in [1.807, 2.05) is 92.7 Å². The number of fused-ring (bicyclic) bond motifs is 1. The van der Waals surface area contributed by atoms with E-state index in [9.17, 15) is 4.57 Å². The molecule has 1 N–H and O–H groups in total. The Kier molecular flexibility index (Phi) is 8.48. The van der Waals surface area contributed by atoms with E-state index in [4.69, 9.17) is 13.8 Å². The van der Waals surface area contributed by atoms with Gasteiger partial charge in [0.05, 0.1) is 24.1 Å². The predicted molar refractivity (Wildman–Crippen MR) is 139 cm³/mol. The lowest BCUT2D eigenvalue weighted by Crippen LogP contribution is -2.15. The number of aromatic nitrogens is 2. The van der Waals surface area contributed by atoms with E-state index in [2.05, 4.69) is 15.3 Å². The average Bonchev–Trinajstić information content (AvgIpc) is 2.91. The summed E-state index contributed by atoms with van der Waals surface area (Å²) in [5, 5.41) is 4.22. The first kappa shape index (κ1) is 24.9. The zero-order valence-electron chi connectivity index (χ0n) is 20.0. The Morgan fingerprint density at radius 3 is 2.17 bits per heavy atom. The average molecular weight is 492 g/mol. The molecule has 182 valence electrons. The third kappa shape index (κ3) is 6.25. The van der Waals surface area contributed by atoms with Crippen LogP contribution in [-0.2, 0) is 13.6 Å². The van der Waals surface area contributed by atoms with E-state index < -0.39 is 13.4 Å². The Morgan fingerprint density at radius 2 is 1.49 bits per heavy atom. The van der Waals surface area contributed by atoms with Gasteiger partial charge in [-0.05, 0) is 54.8 Å². The van der Waals surface area contributed by atoms with E-state index in [-0.39, 0.29) is 0 Å². The molecule has 0 saturated carbocycles. The van der Waals surface area contributed by atoms with Crippen molar-refractivity contribution >= 4 is 24.2 Å². The highest BCUT2D eigenvalue weighted by Gasteiger charge is 2.37. The number of nitrogens with one attached hydrogen (secondary N) is 1. The van der Waals surface area contributed by atoms with Crippen molar-refractivity contribution in [1.82, 2.24) is 9.97 Å². The number of benzene rings is 3. The summed E-state index contributed by atoms with van der Waals surface area (Å²) in [6.07, 6.45) is 2.97. The van der Waals surface area contributed by atoms with Crippen molar-refractivity contribution in [1.29, 1.82) is 0 Å². The summed E-state index contributed by atoms with van der Waals surface area (Å²) in [5.74, 6) is 0.464. The summed E-state index contributed by atoms with van der Waals surface area (Å²) in [7, 11) is -3.50. The van der Waals surface area contributed by atoms with Gasteiger partial charge in [-0.3, -0.25) is 4.57 Å². The van der Waals surface area contributed by atoms with Gasteiger partial charge in [0.25, 0.3) is 0 Å². The highest BCUT2D eigenvalue weighted by Crippen LogP contribution is 2.61. The molecule has 8 heteroatoms. The third-order valence-corrected chi connectivity index (χ3v) is 7.41. The Morgan fingerprint density at radius 1 is 0.829 bits per heavy atom. The molecule has 0 fully saturated rings. The molecular formula is C27H30N3O4P. The van der Waals surface area contributed by atoms with Gasteiger partial charge < -0.3 is 19.1 Å². The van der Waals surface area contributed by atoms with Gasteiger partial charge in [0.2, 0.25) is 5.88 Å². The zero-order chi connectivity index (χ0) is 24.5. The number of nitrogens with zero attached hydrogens (tertiary/aromatic N) is 2. The van der Waals surface area contributed by atoms with Crippen molar-refractivity contribution in [3.8, 4) is 11.6 Å². The van der Waals surface area contributed by atoms with Crippen LogP contribution in [0.4, 0.5) is 5.69 Å². The third-order valence-electron chi connectivity index (χ3n) is 5.26. The van der Waals surface area contributed by atoms with Crippen LogP contribution in [0.2, 0.25) is 0 Å². The van der Waals surface area contributed by atoms with Crippen LogP contribution in [0.15, 0.2) is 85.2 Å². The Labute approximate surface area is 206 Å². The van der Waals surface area contributed by atoms with E-state index in [1.54, 1.807) is 0 Å². The lowest BCUT2D eigenvalue weighted by atomic mass is 10.2. The van der Waals surface area contributed by atoms with Gasteiger partial charge in [0.15, 0.2) is 5.78 Å². The van der Waals surface area contributed by atoms with Crippen molar-refractivity contribution in [2.24, 2.45) is 0 Å². The number of para-hydroxylation sites is 1. The fourth-order valence-electron chi connectivity index (χ4n) is 3.55. The molecule has 1 heterocycles. The van der Waals surface area contributed by atoms with Crippen LogP contribution in [0.5, 0.6) is 11.6 Å². The van der Waals surface area contributed by atoms with E-state index in [0.717, 1.165) is 35.0 Å². The highest BCUT2D eigenvalue weighted by molar-refractivity contribution is 7.54. The molecule has 0 aliphatic carbocycles. The van der Waals surface area contributed by atoms with Crippen LogP contribution in [0.1, 0.15) is 38.0 Å². The molecule has 3 aromatic carbocycles. The van der Waals surface area contributed by atoms with Crippen molar-refractivity contribution in [2.45, 2.75) is 32.5 Å². The first-order valence-corrected chi connectivity index (χ1v) is 13.4. The smallest absolute Gasteiger partial charge is 0.357 e. The number of hydrogen-bond donors (Lipinski definition) is 1. The summed E-state index contributed by atoms with van der Waals surface area (Å²) < 4.78 is 31.6.